The van der Waals surface area contributed by atoms with E-state index in [1.165, 1.54) is 6.26 Å². The van der Waals surface area contributed by atoms with Crippen molar-refractivity contribution < 1.29 is 23.5 Å². The molecule has 2 fully saturated rings. The van der Waals surface area contributed by atoms with Crippen LogP contribution in [0.15, 0.2) is 22.8 Å². The van der Waals surface area contributed by atoms with Gasteiger partial charge in [0.05, 0.1) is 12.8 Å². The van der Waals surface area contributed by atoms with E-state index in [4.69, 9.17) is 9.15 Å². The quantitative estimate of drug-likeness (QED) is 0.618. The molecule has 2 saturated heterocycles. The number of piperidine rings is 1. The fourth-order valence-electron chi connectivity index (χ4n) is 4.01. The number of carbonyl (C=O) groups is 3. The lowest BCUT2D eigenvalue weighted by molar-refractivity contribution is -0.139. The van der Waals surface area contributed by atoms with Crippen LogP contribution in [0.25, 0.3) is 0 Å². The number of carbonyl (C=O) groups excluding carboxylic acids is 3. The van der Waals surface area contributed by atoms with Crippen molar-refractivity contribution in [3.8, 4) is 0 Å². The number of hydrogen-bond donors (Lipinski definition) is 1. The molecule has 2 aliphatic heterocycles. The summed E-state index contributed by atoms with van der Waals surface area (Å²) in [6, 6.07) is 2.88. The maximum atomic E-state index is 13.2. The maximum absolute atomic E-state index is 13.2. The summed E-state index contributed by atoms with van der Waals surface area (Å²) < 4.78 is 10.2. The molecular weight excluding hydrogens is 388 g/mol. The van der Waals surface area contributed by atoms with Crippen molar-refractivity contribution in [3.05, 3.63) is 24.2 Å². The first-order valence-corrected chi connectivity index (χ1v) is 10.7. The largest absolute Gasteiger partial charge is 0.459 e. The Hall–Kier alpha value is -2.39. The Bertz CT molecular complexity index is 700. The Kier molecular flexibility index (Phi) is 8.27. The number of hydrogen-bond acceptors (Lipinski definition) is 6. The molecule has 1 aromatic heterocycles. The second kappa shape index (κ2) is 11.1. The minimum absolute atomic E-state index is 0.00160. The van der Waals surface area contributed by atoms with Crippen molar-refractivity contribution in [1.82, 2.24) is 20.0 Å². The van der Waals surface area contributed by atoms with Gasteiger partial charge in [-0.1, -0.05) is 0 Å². The van der Waals surface area contributed by atoms with Crippen LogP contribution in [-0.2, 0) is 14.3 Å². The Labute approximate surface area is 177 Å². The second-order valence-corrected chi connectivity index (χ2v) is 7.79. The number of rotatable bonds is 8. The van der Waals surface area contributed by atoms with Gasteiger partial charge < -0.3 is 24.3 Å². The highest BCUT2D eigenvalue weighted by Crippen LogP contribution is 2.22. The average Bonchev–Trinajstić information content (AvgIpc) is 3.31. The number of nitrogens with one attached hydrogen (secondary N) is 1. The zero-order valence-corrected chi connectivity index (χ0v) is 17.7. The summed E-state index contributed by atoms with van der Waals surface area (Å²) in [5, 5.41) is 2.89. The van der Waals surface area contributed by atoms with E-state index in [1.807, 2.05) is 4.90 Å². The fourth-order valence-corrected chi connectivity index (χ4v) is 4.01. The predicted octanol–water partition coefficient (Wildman–Crippen LogP) is 0.571. The van der Waals surface area contributed by atoms with Crippen LogP contribution in [0.4, 0.5) is 0 Å². The molecule has 0 spiro atoms. The van der Waals surface area contributed by atoms with Gasteiger partial charge in [-0.15, -0.1) is 0 Å². The van der Waals surface area contributed by atoms with Gasteiger partial charge in [0.25, 0.3) is 5.91 Å². The van der Waals surface area contributed by atoms with Gasteiger partial charge in [0.2, 0.25) is 11.8 Å². The van der Waals surface area contributed by atoms with Gasteiger partial charge in [-0.3, -0.25) is 19.3 Å². The zero-order valence-electron chi connectivity index (χ0n) is 17.7. The SMILES string of the molecule is COCCCNC(=O)CN1CCN(C(=O)C2CCCCN2C(=O)c2ccco2)CC1. The van der Waals surface area contributed by atoms with Crippen LogP contribution >= 0.6 is 0 Å². The van der Waals surface area contributed by atoms with Gasteiger partial charge in [0.15, 0.2) is 5.76 Å². The summed E-state index contributed by atoms with van der Waals surface area (Å²) in [6.07, 6.45) is 4.76. The van der Waals surface area contributed by atoms with Crippen molar-refractivity contribution in [1.29, 1.82) is 0 Å². The topological polar surface area (TPSA) is 95.3 Å². The van der Waals surface area contributed by atoms with Crippen LogP contribution < -0.4 is 5.32 Å². The van der Waals surface area contributed by atoms with Crippen molar-refractivity contribution in [3.63, 3.8) is 0 Å². The number of nitrogens with zero attached hydrogens (tertiary/aromatic N) is 3. The lowest BCUT2D eigenvalue weighted by atomic mass is 10.00. The third kappa shape index (κ3) is 5.82. The van der Waals surface area contributed by atoms with Crippen LogP contribution in [0.5, 0.6) is 0 Å². The van der Waals surface area contributed by atoms with Crippen LogP contribution in [0.3, 0.4) is 0 Å². The Morgan fingerprint density at radius 3 is 2.67 bits per heavy atom. The average molecular weight is 421 g/mol. The van der Waals surface area contributed by atoms with Gasteiger partial charge in [0.1, 0.15) is 6.04 Å². The first-order valence-electron chi connectivity index (χ1n) is 10.7. The summed E-state index contributed by atoms with van der Waals surface area (Å²) in [5.41, 5.74) is 0. The minimum atomic E-state index is -0.438. The molecule has 9 heteroatoms. The third-order valence-corrected chi connectivity index (χ3v) is 5.68. The molecule has 1 aromatic rings. The first-order chi connectivity index (χ1) is 14.6. The van der Waals surface area contributed by atoms with Gasteiger partial charge >= 0.3 is 0 Å². The van der Waals surface area contributed by atoms with Gasteiger partial charge in [-0.25, -0.2) is 0 Å². The number of furan rings is 1. The smallest absolute Gasteiger partial charge is 0.290 e. The Morgan fingerprint density at radius 2 is 1.97 bits per heavy atom. The molecular formula is C21H32N4O5. The van der Waals surface area contributed by atoms with E-state index in [-0.39, 0.29) is 23.5 Å². The maximum Gasteiger partial charge on any atom is 0.290 e. The Balaban J connectivity index is 1.48. The van der Waals surface area contributed by atoms with E-state index >= 15 is 0 Å². The molecule has 1 atom stereocenters. The van der Waals surface area contributed by atoms with Crippen LogP contribution in [0, 0.1) is 0 Å². The van der Waals surface area contributed by atoms with E-state index in [2.05, 4.69) is 10.2 Å². The summed E-state index contributed by atoms with van der Waals surface area (Å²) in [5.74, 6) is 0.0458. The minimum Gasteiger partial charge on any atom is -0.459 e. The highest BCUT2D eigenvalue weighted by Gasteiger charge is 2.36. The molecule has 3 heterocycles. The first kappa shape index (κ1) is 22.3. The zero-order chi connectivity index (χ0) is 21.3. The van der Waals surface area contributed by atoms with Crippen molar-refractivity contribution in [2.45, 2.75) is 31.7 Å². The molecule has 0 bridgehead atoms. The van der Waals surface area contributed by atoms with Gasteiger partial charge in [0, 0.05) is 53.0 Å². The highest BCUT2D eigenvalue weighted by atomic mass is 16.5. The number of amides is 3. The number of methoxy groups -OCH3 is 1. The molecule has 0 aromatic carbocycles. The molecule has 0 aliphatic carbocycles. The summed E-state index contributed by atoms with van der Waals surface area (Å²) in [4.78, 5) is 43.5. The van der Waals surface area contributed by atoms with E-state index in [9.17, 15) is 14.4 Å². The molecule has 1 unspecified atom stereocenters. The fraction of sp³-hybridized carbons (Fsp3) is 0.667. The molecule has 3 amide bonds. The van der Waals surface area contributed by atoms with Crippen LogP contribution in [0.1, 0.15) is 36.2 Å². The molecule has 30 heavy (non-hydrogen) atoms. The molecule has 0 radical (unpaired) electrons. The van der Waals surface area contributed by atoms with Gasteiger partial charge in [-0.05, 0) is 37.8 Å². The standard InChI is InChI=1S/C21H32N4O5/c1-29-14-5-8-22-19(26)16-23-10-12-24(13-11-23)20(27)17-6-2-3-9-25(17)21(28)18-7-4-15-30-18/h4,7,15,17H,2-3,5-6,8-14,16H2,1H3,(H,22,26). The van der Waals surface area contributed by atoms with E-state index in [0.717, 1.165) is 19.3 Å². The lowest BCUT2D eigenvalue weighted by Gasteiger charge is -2.40. The Morgan fingerprint density at radius 1 is 1.17 bits per heavy atom. The highest BCUT2D eigenvalue weighted by molar-refractivity contribution is 5.95. The van der Waals surface area contributed by atoms with Crippen molar-refractivity contribution >= 4 is 17.7 Å². The van der Waals surface area contributed by atoms with E-state index in [1.54, 1.807) is 24.1 Å². The molecule has 3 rings (SSSR count). The predicted molar refractivity (Wildman–Crippen MR) is 110 cm³/mol. The third-order valence-electron chi connectivity index (χ3n) is 5.68. The summed E-state index contributed by atoms with van der Waals surface area (Å²) >= 11 is 0. The van der Waals surface area contributed by atoms with Crippen molar-refractivity contribution in [2.24, 2.45) is 0 Å². The number of ether oxygens (including phenoxy) is 1. The molecule has 2 aliphatic rings. The second-order valence-electron chi connectivity index (χ2n) is 7.79. The number of likely N-dealkylation sites (tertiary alicyclic amines) is 1. The van der Waals surface area contributed by atoms with Crippen LogP contribution in [0.2, 0.25) is 0 Å². The molecule has 1 N–H and O–H groups in total. The van der Waals surface area contributed by atoms with Crippen LogP contribution in [-0.4, -0.2) is 98.0 Å². The monoisotopic (exact) mass is 420 g/mol. The van der Waals surface area contributed by atoms with E-state index in [0.29, 0.717) is 58.8 Å². The molecule has 9 nitrogen and oxygen atoms in total. The van der Waals surface area contributed by atoms with E-state index < -0.39 is 6.04 Å². The normalized spacial score (nSPS) is 20.2. The summed E-state index contributed by atoms with van der Waals surface area (Å²) in [7, 11) is 1.64. The summed E-state index contributed by atoms with van der Waals surface area (Å²) in [6.45, 7) is 4.56. The van der Waals surface area contributed by atoms with Crippen molar-refractivity contribution in [2.75, 3.05) is 59.5 Å². The van der Waals surface area contributed by atoms with Gasteiger partial charge in [-0.2, -0.15) is 0 Å². The lowest BCUT2D eigenvalue weighted by Crippen LogP contribution is -2.57. The number of piperazine rings is 1. The molecule has 0 saturated carbocycles. The molecule has 166 valence electrons.